The number of hydrogen-bond acceptors (Lipinski definition) is 5. The summed E-state index contributed by atoms with van der Waals surface area (Å²) in [5.74, 6) is 2.04. The Kier molecular flexibility index (Phi) is 5.81. The summed E-state index contributed by atoms with van der Waals surface area (Å²) >= 11 is 6.21. The zero-order valence-corrected chi connectivity index (χ0v) is 16.9. The highest BCUT2D eigenvalue weighted by Crippen LogP contribution is 2.29. The molecule has 1 aromatic heterocycles. The number of aromatic nitrogens is 2. The van der Waals surface area contributed by atoms with Crippen molar-refractivity contribution in [1.82, 2.24) is 15.0 Å². The van der Waals surface area contributed by atoms with Crippen LogP contribution < -0.4 is 4.74 Å². The van der Waals surface area contributed by atoms with E-state index >= 15 is 0 Å². The molecule has 0 aliphatic carbocycles. The number of nitrogens with zero attached hydrogens (tertiary/aromatic N) is 3. The topological polar surface area (TPSA) is 68.5 Å². The van der Waals surface area contributed by atoms with E-state index in [0.717, 1.165) is 18.4 Å². The normalized spacial score (nSPS) is 14.8. The third kappa shape index (κ3) is 4.43. The zero-order chi connectivity index (χ0) is 20.2. The van der Waals surface area contributed by atoms with Gasteiger partial charge in [-0.1, -0.05) is 47.1 Å². The minimum Gasteiger partial charge on any atom is -0.488 e. The molecule has 1 aliphatic rings. The molecule has 0 bridgehead atoms. The summed E-state index contributed by atoms with van der Waals surface area (Å²) in [7, 11) is 0. The van der Waals surface area contributed by atoms with E-state index in [1.165, 1.54) is 0 Å². The van der Waals surface area contributed by atoms with Crippen LogP contribution in [0.4, 0.5) is 0 Å². The van der Waals surface area contributed by atoms with Crippen LogP contribution in [0, 0.1) is 6.92 Å². The highest BCUT2D eigenvalue weighted by atomic mass is 35.5. The van der Waals surface area contributed by atoms with Gasteiger partial charge in [0.15, 0.2) is 5.82 Å². The summed E-state index contributed by atoms with van der Waals surface area (Å²) < 4.78 is 11.2. The summed E-state index contributed by atoms with van der Waals surface area (Å²) in [6.07, 6.45) is 1.60. The number of carbonyl (C=O) groups is 1. The van der Waals surface area contributed by atoms with Gasteiger partial charge in [0.1, 0.15) is 12.4 Å². The summed E-state index contributed by atoms with van der Waals surface area (Å²) in [4.78, 5) is 19.3. The van der Waals surface area contributed by atoms with Crippen LogP contribution >= 0.6 is 11.6 Å². The van der Waals surface area contributed by atoms with E-state index in [4.69, 9.17) is 20.9 Å². The number of hydrogen-bond donors (Lipinski definition) is 0. The van der Waals surface area contributed by atoms with Crippen LogP contribution in [-0.4, -0.2) is 34.0 Å². The fourth-order valence-corrected chi connectivity index (χ4v) is 3.71. The molecule has 29 heavy (non-hydrogen) atoms. The lowest BCUT2D eigenvalue weighted by atomic mass is 9.96. The third-order valence-electron chi connectivity index (χ3n) is 5.13. The standard InChI is InChI=1S/C22H22ClN3O3/c1-15-24-21(29-25-15)16-10-12-26(13-11-16)22(27)18-7-3-5-9-20(18)28-14-17-6-2-4-8-19(17)23/h2-9,16H,10-14H2,1H3. The Morgan fingerprint density at radius 2 is 1.90 bits per heavy atom. The zero-order valence-electron chi connectivity index (χ0n) is 16.2. The van der Waals surface area contributed by atoms with Gasteiger partial charge in [0.05, 0.1) is 5.56 Å². The molecule has 0 atom stereocenters. The average Bonchev–Trinajstić information content (AvgIpc) is 3.19. The predicted molar refractivity (Wildman–Crippen MR) is 109 cm³/mol. The van der Waals surface area contributed by atoms with Gasteiger partial charge in [0, 0.05) is 29.6 Å². The van der Waals surface area contributed by atoms with Crippen LogP contribution in [-0.2, 0) is 6.61 Å². The maximum absolute atomic E-state index is 13.1. The van der Waals surface area contributed by atoms with Crippen LogP contribution in [0.2, 0.25) is 5.02 Å². The number of rotatable bonds is 5. The second kappa shape index (κ2) is 8.66. The van der Waals surface area contributed by atoms with E-state index in [9.17, 15) is 4.79 Å². The second-order valence-corrected chi connectivity index (χ2v) is 7.53. The van der Waals surface area contributed by atoms with Crippen LogP contribution in [0.3, 0.4) is 0 Å². The minimum absolute atomic E-state index is 0.0279. The van der Waals surface area contributed by atoms with Gasteiger partial charge >= 0.3 is 0 Å². The molecule has 0 spiro atoms. The molecule has 2 heterocycles. The molecule has 7 heteroatoms. The molecular formula is C22H22ClN3O3. The molecule has 3 aromatic rings. The number of likely N-dealkylation sites (tertiary alicyclic amines) is 1. The van der Waals surface area contributed by atoms with E-state index in [-0.39, 0.29) is 11.8 Å². The minimum atomic E-state index is -0.0279. The highest BCUT2D eigenvalue weighted by molar-refractivity contribution is 6.31. The molecule has 1 amide bonds. The van der Waals surface area contributed by atoms with Gasteiger partial charge in [0.25, 0.3) is 5.91 Å². The number of para-hydroxylation sites is 1. The fraction of sp³-hybridized carbons (Fsp3) is 0.318. The number of aryl methyl sites for hydroxylation is 1. The maximum Gasteiger partial charge on any atom is 0.257 e. The number of carbonyl (C=O) groups excluding carboxylic acids is 1. The van der Waals surface area contributed by atoms with E-state index in [1.54, 1.807) is 6.07 Å². The van der Waals surface area contributed by atoms with Gasteiger partial charge in [-0.05, 0) is 38.0 Å². The number of piperidine rings is 1. The molecule has 4 rings (SSSR count). The maximum atomic E-state index is 13.1. The van der Waals surface area contributed by atoms with Gasteiger partial charge in [0.2, 0.25) is 5.89 Å². The quantitative estimate of drug-likeness (QED) is 0.612. The molecule has 2 aromatic carbocycles. The van der Waals surface area contributed by atoms with Crippen molar-refractivity contribution in [2.45, 2.75) is 32.3 Å². The van der Waals surface area contributed by atoms with E-state index in [0.29, 0.717) is 47.7 Å². The largest absolute Gasteiger partial charge is 0.488 e. The van der Waals surface area contributed by atoms with Crippen LogP contribution in [0.15, 0.2) is 53.1 Å². The molecule has 0 unspecified atom stereocenters. The van der Waals surface area contributed by atoms with Crippen molar-refractivity contribution >= 4 is 17.5 Å². The Bertz CT molecular complexity index is 996. The Morgan fingerprint density at radius 1 is 1.17 bits per heavy atom. The Balaban J connectivity index is 1.42. The van der Waals surface area contributed by atoms with Crippen LogP contribution in [0.5, 0.6) is 5.75 Å². The Labute approximate surface area is 174 Å². The Hall–Kier alpha value is -2.86. The summed E-state index contributed by atoms with van der Waals surface area (Å²) in [6.45, 7) is 3.40. The molecule has 0 saturated carbocycles. The van der Waals surface area contributed by atoms with Crippen molar-refractivity contribution in [3.63, 3.8) is 0 Å². The number of amides is 1. The van der Waals surface area contributed by atoms with Gasteiger partial charge in [-0.3, -0.25) is 4.79 Å². The van der Waals surface area contributed by atoms with Gasteiger partial charge in [-0.15, -0.1) is 0 Å². The summed E-state index contributed by atoms with van der Waals surface area (Å²) in [6, 6.07) is 14.9. The molecule has 1 fully saturated rings. The third-order valence-corrected chi connectivity index (χ3v) is 5.50. The van der Waals surface area contributed by atoms with E-state index < -0.39 is 0 Å². The monoisotopic (exact) mass is 411 g/mol. The first kappa shape index (κ1) is 19.5. The first-order valence-electron chi connectivity index (χ1n) is 9.66. The molecule has 0 radical (unpaired) electrons. The molecular weight excluding hydrogens is 390 g/mol. The lowest BCUT2D eigenvalue weighted by Gasteiger charge is -2.30. The van der Waals surface area contributed by atoms with Gasteiger partial charge in [-0.25, -0.2) is 0 Å². The smallest absolute Gasteiger partial charge is 0.257 e. The van der Waals surface area contributed by atoms with Crippen molar-refractivity contribution in [3.05, 3.63) is 76.4 Å². The lowest BCUT2D eigenvalue weighted by Crippen LogP contribution is -2.38. The van der Waals surface area contributed by atoms with Crippen molar-refractivity contribution in [1.29, 1.82) is 0 Å². The van der Waals surface area contributed by atoms with Crippen molar-refractivity contribution < 1.29 is 14.1 Å². The first-order chi connectivity index (χ1) is 14.1. The molecule has 0 N–H and O–H groups in total. The SMILES string of the molecule is Cc1noc(C2CCN(C(=O)c3ccccc3OCc3ccccc3Cl)CC2)n1. The van der Waals surface area contributed by atoms with Crippen molar-refractivity contribution in [2.24, 2.45) is 0 Å². The number of halogens is 1. The van der Waals surface area contributed by atoms with Crippen LogP contribution in [0.1, 0.15) is 46.4 Å². The van der Waals surface area contributed by atoms with E-state index in [2.05, 4.69) is 10.1 Å². The molecule has 150 valence electrons. The molecule has 1 saturated heterocycles. The number of benzene rings is 2. The van der Waals surface area contributed by atoms with Crippen molar-refractivity contribution in [2.75, 3.05) is 13.1 Å². The Morgan fingerprint density at radius 3 is 2.62 bits per heavy atom. The first-order valence-corrected chi connectivity index (χ1v) is 10.0. The lowest BCUT2D eigenvalue weighted by molar-refractivity contribution is 0.0699. The second-order valence-electron chi connectivity index (χ2n) is 7.12. The highest BCUT2D eigenvalue weighted by Gasteiger charge is 2.28. The van der Waals surface area contributed by atoms with Crippen LogP contribution in [0.25, 0.3) is 0 Å². The van der Waals surface area contributed by atoms with Crippen molar-refractivity contribution in [3.8, 4) is 5.75 Å². The predicted octanol–water partition coefficient (Wildman–Crippen LogP) is 4.63. The van der Waals surface area contributed by atoms with Gasteiger partial charge < -0.3 is 14.2 Å². The number of ether oxygens (including phenoxy) is 1. The summed E-state index contributed by atoms with van der Waals surface area (Å²) in [5, 5.41) is 4.51. The average molecular weight is 412 g/mol. The van der Waals surface area contributed by atoms with E-state index in [1.807, 2.05) is 54.3 Å². The van der Waals surface area contributed by atoms with Gasteiger partial charge in [-0.2, -0.15) is 4.98 Å². The molecule has 1 aliphatic heterocycles. The fourth-order valence-electron chi connectivity index (χ4n) is 3.52. The molecule has 6 nitrogen and oxygen atoms in total. The summed E-state index contributed by atoms with van der Waals surface area (Å²) in [5.41, 5.74) is 1.44.